The van der Waals surface area contributed by atoms with Crippen molar-refractivity contribution in [3.8, 4) is 11.5 Å². The molecule has 1 unspecified atom stereocenters. The fourth-order valence-electron chi connectivity index (χ4n) is 1.61. The van der Waals surface area contributed by atoms with Gasteiger partial charge in [0.1, 0.15) is 5.02 Å². The number of ether oxygens (including phenoxy) is 1. The molecule has 0 fully saturated rings. The number of benzene rings is 2. The number of rotatable bonds is 4. The molecule has 0 amide bonds. The van der Waals surface area contributed by atoms with Crippen LogP contribution in [0.25, 0.3) is 0 Å². The third kappa shape index (κ3) is 3.73. The fourth-order valence-corrected chi connectivity index (χ4v) is 4.37. The van der Waals surface area contributed by atoms with Crippen molar-refractivity contribution in [2.45, 2.75) is 0 Å². The zero-order valence-electron chi connectivity index (χ0n) is 10.7. The van der Waals surface area contributed by atoms with Crippen molar-refractivity contribution >= 4 is 62.7 Å². The van der Waals surface area contributed by atoms with Gasteiger partial charge in [-0.2, -0.15) is 0 Å². The molecular formula is C13H10BrCl2O3PS. The third-order valence-corrected chi connectivity index (χ3v) is 6.51. The highest BCUT2D eigenvalue weighted by molar-refractivity contribution is 9.10. The Morgan fingerprint density at radius 2 is 1.86 bits per heavy atom. The van der Waals surface area contributed by atoms with Crippen molar-refractivity contribution in [3.63, 3.8) is 0 Å². The lowest BCUT2D eigenvalue weighted by atomic mass is 10.3. The molecule has 0 aliphatic rings. The molecule has 2 aromatic rings. The van der Waals surface area contributed by atoms with Gasteiger partial charge in [0.25, 0.3) is 6.49 Å². The Hall–Kier alpha value is -0.290. The summed E-state index contributed by atoms with van der Waals surface area (Å²) in [4.78, 5) is 10.4. The maximum absolute atomic E-state index is 10.4. The molecule has 1 N–H and O–H groups in total. The lowest BCUT2D eigenvalue weighted by Gasteiger charge is -2.19. The van der Waals surface area contributed by atoms with Gasteiger partial charge < -0.3 is 14.2 Å². The first kappa shape index (κ1) is 17.1. The van der Waals surface area contributed by atoms with Gasteiger partial charge in [-0.25, -0.2) is 0 Å². The minimum atomic E-state index is -3.24. The maximum Gasteiger partial charge on any atom is 0.266 e. The lowest BCUT2D eigenvalue weighted by molar-refractivity contribution is 0.409. The van der Waals surface area contributed by atoms with Crippen LogP contribution in [0.5, 0.6) is 11.5 Å². The molecule has 8 heteroatoms. The molecule has 0 bridgehead atoms. The Kier molecular flexibility index (Phi) is 5.58. The van der Waals surface area contributed by atoms with Gasteiger partial charge in [-0.15, -0.1) is 0 Å². The summed E-state index contributed by atoms with van der Waals surface area (Å²) in [6.45, 7) is -3.24. The number of methoxy groups -OCH3 is 1. The summed E-state index contributed by atoms with van der Waals surface area (Å²) < 4.78 is 11.2. The van der Waals surface area contributed by atoms with Crippen LogP contribution in [0.15, 0.2) is 40.9 Å². The second kappa shape index (κ2) is 6.86. The topological polar surface area (TPSA) is 38.7 Å². The summed E-state index contributed by atoms with van der Waals surface area (Å²) in [6, 6.07) is 10.3. The average molecular weight is 428 g/mol. The summed E-state index contributed by atoms with van der Waals surface area (Å²) in [5.41, 5.74) is 0. The summed E-state index contributed by atoms with van der Waals surface area (Å²) >= 11 is 20.7. The highest BCUT2D eigenvalue weighted by Gasteiger charge is 2.23. The molecule has 0 spiro atoms. The molecule has 0 aliphatic carbocycles. The Morgan fingerprint density at radius 1 is 1.24 bits per heavy atom. The molecule has 0 aromatic heterocycles. The Balaban J connectivity index is 2.45. The smallest absolute Gasteiger partial charge is 0.266 e. The van der Waals surface area contributed by atoms with Crippen LogP contribution in [-0.2, 0) is 11.8 Å². The molecule has 21 heavy (non-hydrogen) atoms. The highest BCUT2D eigenvalue weighted by Crippen LogP contribution is 2.50. The number of hydrogen-bond acceptors (Lipinski definition) is 3. The van der Waals surface area contributed by atoms with Gasteiger partial charge in [0.05, 0.1) is 16.6 Å². The first-order valence-electron chi connectivity index (χ1n) is 5.66. The second-order valence-electron chi connectivity index (χ2n) is 3.96. The van der Waals surface area contributed by atoms with E-state index in [1.165, 1.54) is 13.2 Å². The van der Waals surface area contributed by atoms with E-state index in [4.69, 9.17) is 44.3 Å². The van der Waals surface area contributed by atoms with Gasteiger partial charge in [-0.05, 0) is 39.9 Å². The standard InChI is InChI=1S/C13H10BrCl2O3PS/c1-18-13-11(14)9(15)7-10(12(13)16)19-20(17,21)8-5-3-2-4-6-8/h2-7H,1H3,(H,17,21). The van der Waals surface area contributed by atoms with Gasteiger partial charge in [0, 0.05) is 11.4 Å². The molecule has 112 valence electrons. The van der Waals surface area contributed by atoms with Gasteiger partial charge in [-0.1, -0.05) is 41.4 Å². The minimum Gasteiger partial charge on any atom is -0.494 e. The lowest BCUT2D eigenvalue weighted by Crippen LogP contribution is -2.08. The zero-order valence-corrected chi connectivity index (χ0v) is 15.5. The third-order valence-electron chi connectivity index (χ3n) is 2.59. The van der Waals surface area contributed by atoms with Crippen LogP contribution in [0, 0.1) is 0 Å². The van der Waals surface area contributed by atoms with Crippen molar-refractivity contribution in [2.75, 3.05) is 7.11 Å². The summed E-state index contributed by atoms with van der Waals surface area (Å²) in [7, 11) is 1.46. The Bertz CT molecular complexity index is 712. The predicted octanol–water partition coefficient (Wildman–Crippen LogP) is 4.77. The molecule has 0 aliphatic heterocycles. The first-order valence-corrected chi connectivity index (χ1v) is 9.88. The zero-order chi connectivity index (χ0) is 15.6. The largest absolute Gasteiger partial charge is 0.494 e. The molecule has 0 radical (unpaired) electrons. The quantitative estimate of drug-likeness (QED) is 0.563. The average Bonchev–Trinajstić information content (AvgIpc) is 2.46. The van der Waals surface area contributed by atoms with Crippen LogP contribution in [0.4, 0.5) is 0 Å². The van der Waals surface area contributed by atoms with Crippen molar-refractivity contribution < 1.29 is 14.2 Å². The molecule has 1 atom stereocenters. The number of halogens is 3. The second-order valence-corrected chi connectivity index (χ2v) is 8.77. The minimum absolute atomic E-state index is 0.177. The van der Waals surface area contributed by atoms with Crippen LogP contribution >= 0.6 is 45.6 Å². The van der Waals surface area contributed by atoms with Crippen LogP contribution in [0.3, 0.4) is 0 Å². The maximum atomic E-state index is 10.4. The molecule has 2 aromatic carbocycles. The molecule has 0 saturated carbocycles. The SMILES string of the molecule is COc1c(Cl)c(OP(O)(=S)c2ccccc2)cc(Cl)c1Br. The van der Waals surface area contributed by atoms with E-state index in [-0.39, 0.29) is 10.8 Å². The van der Waals surface area contributed by atoms with Gasteiger partial charge in [0.15, 0.2) is 11.5 Å². The van der Waals surface area contributed by atoms with E-state index >= 15 is 0 Å². The van der Waals surface area contributed by atoms with E-state index in [9.17, 15) is 4.89 Å². The molecule has 2 rings (SSSR count). The van der Waals surface area contributed by atoms with E-state index in [2.05, 4.69) is 15.9 Å². The summed E-state index contributed by atoms with van der Waals surface area (Å²) in [5.74, 6) is 0.499. The van der Waals surface area contributed by atoms with Gasteiger partial charge in [-0.3, -0.25) is 0 Å². The highest BCUT2D eigenvalue weighted by atomic mass is 79.9. The van der Waals surface area contributed by atoms with Crippen molar-refractivity contribution in [1.29, 1.82) is 0 Å². The van der Waals surface area contributed by atoms with Gasteiger partial charge in [0.2, 0.25) is 0 Å². The monoisotopic (exact) mass is 426 g/mol. The van der Waals surface area contributed by atoms with Crippen LogP contribution < -0.4 is 14.6 Å². The Labute approximate surface area is 146 Å². The van der Waals surface area contributed by atoms with E-state index in [1.807, 2.05) is 6.07 Å². The van der Waals surface area contributed by atoms with Crippen LogP contribution in [0.2, 0.25) is 10.0 Å². The van der Waals surface area contributed by atoms with Crippen molar-refractivity contribution in [3.05, 3.63) is 50.9 Å². The molecule has 0 heterocycles. The Morgan fingerprint density at radius 3 is 2.43 bits per heavy atom. The van der Waals surface area contributed by atoms with E-state index in [1.54, 1.807) is 24.3 Å². The van der Waals surface area contributed by atoms with Crippen LogP contribution in [-0.4, -0.2) is 12.0 Å². The molecule has 0 saturated heterocycles. The normalized spacial score (nSPS) is 13.6. The van der Waals surface area contributed by atoms with Crippen LogP contribution in [0.1, 0.15) is 0 Å². The predicted molar refractivity (Wildman–Crippen MR) is 93.9 cm³/mol. The van der Waals surface area contributed by atoms with E-state index < -0.39 is 6.49 Å². The fraction of sp³-hybridized carbons (Fsp3) is 0.0769. The first-order chi connectivity index (χ1) is 9.86. The van der Waals surface area contributed by atoms with Crippen molar-refractivity contribution in [2.24, 2.45) is 0 Å². The number of hydrogen-bond donors (Lipinski definition) is 1. The summed E-state index contributed by atoms with van der Waals surface area (Å²) in [5, 5.41) is 1.05. The molecular weight excluding hydrogens is 418 g/mol. The van der Waals surface area contributed by atoms with Crippen molar-refractivity contribution in [1.82, 2.24) is 0 Å². The summed E-state index contributed by atoms with van der Waals surface area (Å²) in [6.07, 6.45) is 0. The van der Waals surface area contributed by atoms with E-state index in [0.717, 1.165) is 0 Å². The van der Waals surface area contributed by atoms with Gasteiger partial charge >= 0.3 is 0 Å². The van der Waals surface area contributed by atoms with E-state index in [0.29, 0.717) is 20.5 Å². The molecule has 3 nitrogen and oxygen atoms in total.